The van der Waals surface area contributed by atoms with E-state index in [0.717, 1.165) is 24.6 Å². The number of piperazine rings is 1. The van der Waals surface area contributed by atoms with Crippen LogP contribution in [0.3, 0.4) is 0 Å². The van der Waals surface area contributed by atoms with Gasteiger partial charge in [0.25, 0.3) is 5.91 Å². The molecule has 1 fully saturated rings. The Morgan fingerprint density at radius 3 is 2.31 bits per heavy atom. The average molecular weight is 426 g/mol. The van der Waals surface area contributed by atoms with Crippen LogP contribution in [0, 0.1) is 13.8 Å². The van der Waals surface area contributed by atoms with E-state index in [9.17, 15) is 4.79 Å². The average Bonchev–Trinajstić information content (AvgIpc) is 3.51. The fraction of sp³-hybridized carbons (Fsp3) is 0.231. The standard InChI is InChI=1S/C26H27N5O/c1-20-10-11-21(2)24(18-20)28-14-16-30(17-15-28)26(32)23-19-27-31(22-8-4-3-5-9-22)25(23)29-12-6-7-13-29/h3-13,18-19H,14-17H2,1-2H3. The number of nitrogens with zero attached hydrogens (tertiary/aromatic N) is 5. The molecule has 32 heavy (non-hydrogen) atoms. The van der Waals surface area contributed by atoms with E-state index in [2.05, 4.69) is 42.0 Å². The van der Waals surface area contributed by atoms with Crippen LogP contribution in [-0.2, 0) is 0 Å². The molecule has 162 valence electrons. The molecule has 0 N–H and O–H groups in total. The highest BCUT2D eigenvalue weighted by Crippen LogP contribution is 2.25. The molecule has 1 aliphatic rings. The lowest BCUT2D eigenvalue weighted by molar-refractivity contribution is 0.0746. The summed E-state index contributed by atoms with van der Waals surface area (Å²) >= 11 is 0. The molecule has 0 radical (unpaired) electrons. The summed E-state index contributed by atoms with van der Waals surface area (Å²) in [6.07, 6.45) is 5.60. The Balaban J connectivity index is 1.41. The van der Waals surface area contributed by atoms with E-state index in [0.29, 0.717) is 18.7 Å². The van der Waals surface area contributed by atoms with E-state index in [1.807, 2.05) is 69.0 Å². The zero-order valence-corrected chi connectivity index (χ0v) is 18.5. The molecular formula is C26H27N5O. The number of anilines is 1. The first-order valence-corrected chi connectivity index (χ1v) is 11.0. The maximum absolute atomic E-state index is 13.6. The topological polar surface area (TPSA) is 46.3 Å². The van der Waals surface area contributed by atoms with Gasteiger partial charge in [-0.2, -0.15) is 5.10 Å². The quantitative estimate of drug-likeness (QED) is 0.491. The molecule has 0 atom stereocenters. The van der Waals surface area contributed by atoms with Gasteiger partial charge in [0.05, 0.1) is 11.9 Å². The summed E-state index contributed by atoms with van der Waals surface area (Å²) in [4.78, 5) is 17.9. The molecule has 2 aromatic heterocycles. The van der Waals surface area contributed by atoms with Crippen LogP contribution in [0.15, 0.2) is 79.3 Å². The highest BCUT2D eigenvalue weighted by atomic mass is 16.2. The van der Waals surface area contributed by atoms with E-state index >= 15 is 0 Å². The fourth-order valence-electron chi connectivity index (χ4n) is 4.36. The van der Waals surface area contributed by atoms with Gasteiger partial charge in [-0.25, -0.2) is 4.68 Å². The normalized spacial score (nSPS) is 14.1. The number of hydrogen-bond donors (Lipinski definition) is 0. The molecule has 1 saturated heterocycles. The number of amides is 1. The Morgan fingerprint density at radius 1 is 0.875 bits per heavy atom. The van der Waals surface area contributed by atoms with E-state index < -0.39 is 0 Å². The van der Waals surface area contributed by atoms with E-state index in [1.54, 1.807) is 6.20 Å². The van der Waals surface area contributed by atoms with Gasteiger partial charge >= 0.3 is 0 Å². The van der Waals surface area contributed by atoms with Crippen molar-refractivity contribution >= 4 is 11.6 Å². The Hall–Kier alpha value is -3.80. The second-order valence-corrected chi connectivity index (χ2v) is 8.29. The number of benzene rings is 2. The molecule has 1 amide bonds. The molecule has 4 aromatic rings. The first kappa shape index (κ1) is 20.1. The molecule has 1 aliphatic heterocycles. The number of hydrogen-bond acceptors (Lipinski definition) is 3. The van der Waals surface area contributed by atoms with Gasteiger partial charge in [0.2, 0.25) is 0 Å². The number of aromatic nitrogens is 3. The minimum atomic E-state index is 0.0245. The lowest BCUT2D eigenvalue weighted by Crippen LogP contribution is -2.49. The summed E-state index contributed by atoms with van der Waals surface area (Å²) in [7, 11) is 0. The van der Waals surface area contributed by atoms with Gasteiger partial charge in [0, 0.05) is 44.3 Å². The van der Waals surface area contributed by atoms with Gasteiger partial charge in [0.15, 0.2) is 5.82 Å². The minimum absolute atomic E-state index is 0.0245. The lowest BCUT2D eigenvalue weighted by Gasteiger charge is -2.37. The first-order chi connectivity index (χ1) is 15.6. The van der Waals surface area contributed by atoms with Crippen LogP contribution in [-0.4, -0.2) is 51.3 Å². The Bertz CT molecular complexity index is 1220. The van der Waals surface area contributed by atoms with Gasteiger partial charge in [-0.3, -0.25) is 4.79 Å². The van der Waals surface area contributed by atoms with Gasteiger partial charge in [0.1, 0.15) is 5.56 Å². The van der Waals surface area contributed by atoms with Crippen molar-refractivity contribution in [3.63, 3.8) is 0 Å². The van der Waals surface area contributed by atoms with Crippen LogP contribution in [0.2, 0.25) is 0 Å². The van der Waals surface area contributed by atoms with Gasteiger partial charge in [-0.15, -0.1) is 0 Å². The second kappa shape index (κ2) is 8.38. The molecule has 6 heteroatoms. The van der Waals surface area contributed by atoms with Crippen LogP contribution in [0.1, 0.15) is 21.5 Å². The number of para-hydroxylation sites is 1. The van der Waals surface area contributed by atoms with Crippen molar-refractivity contribution in [2.75, 3.05) is 31.1 Å². The number of aryl methyl sites for hydroxylation is 2. The van der Waals surface area contributed by atoms with Crippen LogP contribution in [0.25, 0.3) is 11.5 Å². The number of carbonyl (C=O) groups excluding carboxylic acids is 1. The highest BCUT2D eigenvalue weighted by molar-refractivity contribution is 5.97. The molecule has 0 unspecified atom stereocenters. The van der Waals surface area contributed by atoms with Gasteiger partial charge in [-0.1, -0.05) is 30.3 Å². The third kappa shape index (κ3) is 3.68. The van der Waals surface area contributed by atoms with E-state index in [1.165, 1.54) is 16.8 Å². The SMILES string of the molecule is Cc1ccc(C)c(N2CCN(C(=O)c3cnn(-c4ccccc4)c3-n3cccc3)CC2)c1. The number of carbonyl (C=O) groups is 1. The van der Waals surface area contributed by atoms with Crippen LogP contribution >= 0.6 is 0 Å². The summed E-state index contributed by atoms with van der Waals surface area (Å²) in [5.74, 6) is 0.791. The van der Waals surface area contributed by atoms with Crippen molar-refractivity contribution in [3.8, 4) is 11.5 Å². The van der Waals surface area contributed by atoms with Crippen molar-refractivity contribution in [2.45, 2.75) is 13.8 Å². The molecule has 6 nitrogen and oxygen atoms in total. The molecule has 2 aromatic carbocycles. The minimum Gasteiger partial charge on any atom is -0.368 e. The summed E-state index contributed by atoms with van der Waals surface area (Å²) < 4.78 is 3.79. The van der Waals surface area contributed by atoms with Crippen molar-refractivity contribution in [1.82, 2.24) is 19.2 Å². The largest absolute Gasteiger partial charge is 0.368 e. The predicted molar refractivity (Wildman–Crippen MR) is 127 cm³/mol. The molecule has 5 rings (SSSR count). The van der Waals surface area contributed by atoms with Gasteiger partial charge < -0.3 is 14.4 Å². The summed E-state index contributed by atoms with van der Waals surface area (Å²) in [6.45, 7) is 7.29. The van der Waals surface area contributed by atoms with Crippen molar-refractivity contribution in [3.05, 3.63) is 95.9 Å². The van der Waals surface area contributed by atoms with Crippen LogP contribution in [0.4, 0.5) is 5.69 Å². The second-order valence-electron chi connectivity index (χ2n) is 8.29. The van der Waals surface area contributed by atoms with E-state index in [4.69, 9.17) is 0 Å². The Kier molecular flexibility index (Phi) is 5.27. The maximum atomic E-state index is 13.6. The highest BCUT2D eigenvalue weighted by Gasteiger charge is 2.27. The maximum Gasteiger partial charge on any atom is 0.259 e. The monoisotopic (exact) mass is 425 g/mol. The summed E-state index contributed by atoms with van der Waals surface area (Å²) in [5, 5.41) is 4.58. The molecule has 3 heterocycles. The predicted octanol–water partition coefficient (Wildman–Crippen LogP) is 4.24. The van der Waals surface area contributed by atoms with Crippen molar-refractivity contribution in [1.29, 1.82) is 0 Å². The Labute approximate surface area is 188 Å². The fourth-order valence-corrected chi connectivity index (χ4v) is 4.36. The zero-order valence-electron chi connectivity index (χ0n) is 18.5. The number of rotatable bonds is 4. The van der Waals surface area contributed by atoms with Crippen molar-refractivity contribution in [2.24, 2.45) is 0 Å². The molecule has 0 aliphatic carbocycles. The van der Waals surface area contributed by atoms with E-state index in [-0.39, 0.29) is 5.91 Å². The molecule has 0 saturated carbocycles. The van der Waals surface area contributed by atoms with Crippen molar-refractivity contribution < 1.29 is 4.79 Å². The summed E-state index contributed by atoms with van der Waals surface area (Å²) in [6, 6.07) is 20.4. The van der Waals surface area contributed by atoms with Crippen LogP contribution < -0.4 is 4.90 Å². The summed E-state index contributed by atoms with van der Waals surface area (Å²) in [5.41, 5.74) is 5.34. The van der Waals surface area contributed by atoms with Crippen LogP contribution in [0.5, 0.6) is 0 Å². The first-order valence-electron chi connectivity index (χ1n) is 11.0. The zero-order chi connectivity index (χ0) is 22.1. The smallest absolute Gasteiger partial charge is 0.259 e. The third-order valence-electron chi connectivity index (χ3n) is 6.10. The molecule has 0 spiro atoms. The molecule has 0 bridgehead atoms. The molecular weight excluding hydrogens is 398 g/mol. The Morgan fingerprint density at radius 2 is 1.59 bits per heavy atom. The third-order valence-corrected chi connectivity index (χ3v) is 6.10. The lowest BCUT2D eigenvalue weighted by atomic mass is 10.1. The van der Waals surface area contributed by atoms with Gasteiger partial charge in [-0.05, 0) is 55.3 Å².